The lowest BCUT2D eigenvalue weighted by molar-refractivity contribution is 0.545. The van der Waals surface area contributed by atoms with Crippen LogP contribution in [0.25, 0.3) is 16.6 Å². The zero-order valence-electron chi connectivity index (χ0n) is 14.9. The Labute approximate surface area is 148 Å². The summed E-state index contributed by atoms with van der Waals surface area (Å²) in [5, 5.41) is 1.05. The quantitative estimate of drug-likeness (QED) is 0.756. The van der Waals surface area contributed by atoms with Gasteiger partial charge in [-0.05, 0) is 41.3 Å². The Balaban J connectivity index is 2.14. The van der Waals surface area contributed by atoms with Crippen molar-refractivity contribution >= 4 is 26.4 Å². The fourth-order valence-corrected chi connectivity index (χ4v) is 3.36. The molecule has 130 valence electrons. The summed E-state index contributed by atoms with van der Waals surface area (Å²) in [7, 11) is -3.20. The lowest BCUT2D eigenvalue weighted by atomic mass is 9.89. The number of nitrogens with zero attached hydrogens (tertiary/aromatic N) is 1. The molecule has 0 saturated carbocycles. The highest BCUT2D eigenvalue weighted by Gasteiger charge is 2.15. The summed E-state index contributed by atoms with van der Waals surface area (Å²) >= 11 is 0. The molecule has 3 aromatic rings. The number of aromatic amines is 1. The van der Waals surface area contributed by atoms with Crippen molar-refractivity contribution in [2.24, 2.45) is 5.41 Å². The van der Waals surface area contributed by atoms with E-state index in [4.69, 9.17) is 0 Å². The number of sulfone groups is 1. The van der Waals surface area contributed by atoms with Gasteiger partial charge >= 0.3 is 0 Å². The second-order valence-electron chi connectivity index (χ2n) is 7.34. The van der Waals surface area contributed by atoms with Gasteiger partial charge in [-0.1, -0.05) is 39.0 Å². The van der Waals surface area contributed by atoms with Crippen LogP contribution >= 0.6 is 0 Å². The van der Waals surface area contributed by atoms with E-state index in [9.17, 15) is 8.42 Å². The summed E-state index contributed by atoms with van der Waals surface area (Å²) in [4.78, 5) is 8.05. The highest BCUT2D eigenvalue weighted by Crippen LogP contribution is 2.31. The van der Waals surface area contributed by atoms with Crippen molar-refractivity contribution in [3.05, 3.63) is 66.0 Å². The number of hydrogen-bond donors (Lipinski definition) is 1. The van der Waals surface area contributed by atoms with Gasteiger partial charge in [0.25, 0.3) is 0 Å². The maximum Gasteiger partial charge on any atom is 0.175 e. The Morgan fingerprint density at radius 3 is 2.36 bits per heavy atom. The molecule has 25 heavy (non-hydrogen) atoms. The van der Waals surface area contributed by atoms with Crippen LogP contribution in [-0.4, -0.2) is 24.6 Å². The predicted octanol–water partition coefficient (Wildman–Crippen LogP) is 4.44. The van der Waals surface area contributed by atoms with E-state index in [0.29, 0.717) is 4.90 Å². The lowest BCUT2D eigenvalue weighted by Crippen LogP contribution is -2.03. The van der Waals surface area contributed by atoms with Gasteiger partial charge in [-0.3, -0.25) is 0 Å². The molecular weight excluding hydrogens is 332 g/mol. The predicted molar refractivity (Wildman–Crippen MR) is 102 cm³/mol. The van der Waals surface area contributed by atoms with Gasteiger partial charge in [-0.2, -0.15) is 0 Å². The molecular formula is C20H22N2O2S. The number of hydrogen-bond acceptors (Lipinski definition) is 3. The van der Waals surface area contributed by atoms with Crippen LogP contribution in [0.2, 0.25) is 0 Å². The number of fused-ring (bicyclic) bond motifs is 1. The molecule has 0 saturated heterocycles. The summed E-state index contributed by atoms with van der Waals surface area (Å²) in [6.45, 7) is 6.41. The average Bonchev–Trinajstić information content (AvgIpc) is 2.95. The van der Waals surface area contributed by atoms with E-state index in [0.717, 1.165) is 27.9 Å². The third kappa shape index (κ3) is 3.99. The lowest BCUT2D eigenvalue weighted by Gasteiger charge is -2.16. The molecule has 3 rings (SSSR count). The van der Waals surface area contributed by atoms with Crippen molar-refractivity contribution in [1.82, 2.24) is 9.97 Å². The number of allylic oxidation sites excluding steroid dienone is 1. The maximum absolute atomic E-state index is 11.7. The van der Waals surface area contributed by atoms with E-state index in [2.05, 4.69) is 42.9 Å². The minimum atomic E-state index is -3.20. The molecule has 0 unspecified atom stereocenters. The Morgan fingerprint density at radius 1 is 1.12 bits per heavy atom. The van der Waals surface area contributed by atoms with E-state index < -0.39 is 9.84 Å². The summed E-state index contributed by atoms with van der Waals surface area (Å²) in [5.41, 5.74) is 3.77. The summed E-state index contributed by atoms with van der Waals surface area (Å²) < 4.78 is 23.4. The van der Waals surface area contributed by atoms with Gasteiger partial charge in [0.05, 0.1) is 4.90 Å². The topological polar surface area (TPSA) is 62.8 Å². The molecule has 0 aliphatic heterocycles. The van der Waals surface area contributed by atoms with E-state index >= 15 is 0 Å². The van der Waals surface area contributed by atoms with Crippen LogP contribution in [0.5, 0.6) is 0 Å². The van der Waals surface area contributed by atoms with Crippen LogP contribution in [0.1, 0.15) is 32.0 Å². The zero-order valence-corrected chi connectivity index (χ0v) is 15.7. The molecule has 0 aliphatic rings. The van der Waals surface area contributed by atoms with Gasteiger partial charge in [0.1, 0.15) is 5.65 Å². The summed E-state index contributed by atoms with van der Waals surface area (Å²) in [6.07, 6.45) is 5.17. The van der Waals surface area contributed by atoms with E-state index in [1.807, 2.05) is 24.3 Å². The van der Waals surface area contributed by atoms with E-state index in [1.54, 1.807) is 18.3 Å². The van der Waals surface area contributed by atoms with Gasteiger partial charge in [0, 0.05) is 29.1 Å². The number of pyridine rings is 1. The standard InChI is InChI=1S/C20H22N2O2S/c1-20(2,3)13-17(14-7-9-16(10-8-14)25(4,23)24)18-12-15-6-5-11-21-19(15)22-18/h5-13H,1-4H3,(H,21,22). The molecule has 0 amide bonds. The van der Waals surface area contributed by atoms with Crippen LogP contribution in [0.4, 0.5) is 0 Å². The number of nitrogens with one attached hydrogen (secondary N) is 1. The van der Waals surface area contributed by atoms with Gasteiger partial charge in [0.15, 0.2) is 9.84 Å². The van der Waals surface area contributed by atoms with Crippen LogP contribution in [0.15, 0.2) is 59.6 Å². The van der Waals surface area contributed by atoms with Gasteiger partial charge in [0.2, 0.25) is 0 Å². The minimum Gasteiger partial charge on any atom is -0.339 e. The van der Waals surface area contributed by atoms with Crippen LogP contribution in [0.3, 0.4) is 0 Å². The fraction of sp³-hybridized carbons (Fsp3) is 0.250. The second kappa shape index (κ2) is 6.15. The molecule has 0 aliphatic carbocycles. The molecule has 2 aromatic heterocycles. The first-order valence-electron chi connectivity index (χ1n) is 8.11. The Bertz CT molecular complexity index is 1000. The monoisotopic (exact) mass is 354 g/mol. The minimum absolute atomic E-state index is 0.0322. The van der Waals surface area contributed by atoms with Crippen molar-refractivity contribution in [1.29, 1.82) is 0 Å². The smallest absolute Gasteiger partial charge is 0.175 e. The third-order valence-electron chi connectivity index (χ3n) is 3.85. The highest BCUT2D eigenvalue weighted by molar-refractivity contribution is 7.90. The van der Waals surface area contributed by atoms with Crippen molar-refractivity contribution < 1.29 is 8.42 Å². The molecule has 5 heteroatoms. The molecule has 0 atom stereocenters. The van der Waals surface area contributed by atoms with Crippen LogP contribution in [0, 0.1) is 5.41 Å². The normalized spacial score (nSPS) is 13.4. The zero-order chi connectivity index (χ0) is 18.2. The highest BCUT2D eigenvalue weighted by atomic mass is 32.2. The van der Waals surface area contributed by atoms with E-state index in [1.165, 1.54) is 6.26 Å². The molecule has 2 heterocycles. The number of benzene rings is 1. The van der Waals surface area contributed by atoms with Crippen LogP contribution in [-0.2, 0) is 9.84 Å². The first kappa shape index (κ1) is 17.4. The molecule has 0 spiro atoms. The van der Waals surface area contributed by atoms with Gasteiger partial charge in [-0.25, -0.2) is 13.4 Å². The molecule has 1 N–H and O–H groups in total. The number of rotatable bonds is 3. The van der Waals surface area contributed by atoms with Crippen molar-refractivity contribution in [3.8, 4) is 0 Å². The average molecular weight is 354 g/mol. The first-order chi connectivity index (χ1) is 11.6. The van der Waals surface area contributed by atoms with E-state index in [-0.39, 0.29) is 5.41 Å². The largest absolute Gasteiger partial charge is 0.339 e. The molecule has 0 radical (unpaired) electrons. The van der Waals surface area contributed by atoms with Gasteiger partial charge in [-0.15, -0.1) is 0 Å². The molecule has 1 aromatic carbocycles. The SMILES string of the molecule is CC(C)(C)C=C(c1ccc(S(C)(=O)=O)cc1)c1cc2cccnc2[nH]1. The van der Waals surface area contributed by atoms with Crippen LogP contribution < -0.4 is 0 Å². The first-order valence-corrected chi connectivity index (χ1v) is 10.0. The Hall–Kier alpha value is -2.40. The fourth-order valence-electron chi connectivity index (χ4n) is 2.73. The summed E-state index contributed by atoms with van der Waals surface area (Å²) in [6, 6.07) is 13.0. The number of H-pyrrole nitrogens is 1. The third-order valence-corrected chi connectivity index (χ3v) is 4.98. The van der Waals surface area contributed by atoms with Gasteiger partial charge < -0.3 is 4.98 Å². The van der Waals surface area contributed by atoms with Crippen molar-refractivity contribution in [2.75, 3.05) is 6.26 Å². The molecule has 4 nitrogen and oxygen atoms in total. The Kier molecular flexibility index (Phi) is 4.29. The summed E-state index contributed by atoms with van der Waals surface area (Å²) in [5.74, 6) is 0. The van der Waals surface area contributed by atoms with Crippen molar-refractivity contribution in [2.45, 2.75) is 25.7 Å². The maximum atomic E-state index is 11.7. The molecule has 0 bridgehead atoms. The number of aromatic nitrogens is 2. The second-order valence-corrected chi connectivity index (χ2v) is 9.36. The molecule has 0 fully saturated rings. The van der Waals surface area contributed by atoms with Crippen molar-refractivity contribution in [3.63, 3.8) is 0 Å². The Morgan fingerprint density at radius 2 is 1.80 bits per heavy atom.